The molecule has 17 heavy (non-hydrogen) atoms. The monoisotopic (exact) mass is 250 g/mol. The van der Waals surface area contributed by atoms with E-state index in [2.05, 4.69) is 5.32 Å². The van der Waals surface area contributed by atoms with E-state index in [4.69, 9.17) is 17.3 Å². The Labute approximate surface area is 108 Å². The first-order valence-electron chi connectivity index (χ1n) is 6.53. The molecule has 0 atom stereocenters. The van der Waals surface area contributed by atoms with E-state index in [-0.39, 0.29) is 0 Å². The molecule has 3 rings (SSSR count). The van der Waals surface area contributed by atoms with Crippen LogP contribution >= 0.6 is 11.6 Å². The summed E-state index contributed by atoms with van der Waals surface area (Å²) in [6, 6.07) is 5.69. The molecule has 1 aromatic rings. The Hall–Kier alpha value is -0.890. The van der Waals surface area contributed by atoms with Crippen molar-refractivity contribution in [3.05, 3.63) is 23.2 Å². The Kier molecular flexibility index (Phi) is 2.91. The fourth-order valence-electron chi connectivity index (χ4n) is 2.67. The Morgan fingerprint density at radius 3 is 2.41 bits per heavy atom. The minimum atomic E-state index is 0.724. The molecule has 1 aromatic carbocycles. The lowest BCUT2D eigenvalue weighted by Crippen LogP contribution is -2.18. The summed E-state index contributed by atoms with van der Waals surface area (Å²) in [6.07, 6.45) is 5.72. The van der Waals surface area contributed by atoms with Crippen molar-refractivity contribution in [3.63, 3.8) is 0 Å². The minimum Gasteiger partial charge on any atom is -0.399 e. The molecule has 2 saturated carbocycles. The number of benzene rings is 1. The molecule has 0 spiro atoms. The first kappa shape index (κ1) is 11.2. The quantitative estimate of drug-likeness (QED) is 0.781. The van der Waals surface area contributed by atoms with Gasteiger partial charge in [-0.3, -0.25) is 0 Å². The van der Waals surface area contributed by atoms with E-state index < -0.39 is 0 Å². The van der Waals surface area contributed by atoms with Crippen molar-refractivity contribution in [3.8, 4) is 0 Å². The summed E-state index contributed by atoms with van der Waals surface area (Å²) in [5.41, 5.74) is 7.43. The van der Waals surface area contributed by atoms with Crippen LogP contribution in [0.2, 0.25) is 5.02 Å². The van der Waals surface area contributed by atoms with E-state index in [1.807, 2.05) is 18.2 Å². The van der Waals surface area contributed by atoms with Crippen LogP contribution in [0.25, 0.3) is 0 Å². The molecule has 2 aliphatic carbocycles. The van der Waals surface area contributed by atoms with E-state index >= 15 is 0 Å². The Bertz CT molecular complexity index is 399. The summed E-state index contributed by atoms with van der Waals surface area (Å²) in [7, 11) is 0. The predicted octanol–water partition coefficient (Wildman–Crippen LogP) is 3.77. The highest BCUT2D eigenvalue weighted by Gasteiger charge is 2.40. The predicted molar refractivity (Wildman–Crippen MR) is 73.3 cm³/mol. The molecule has 3 heteroatoms. The zero-order chi connectivity index (χ0) is 11.8. The van der Waals surface area contributed by atoms with Gasteiger partial charge in [0.1, 0.15) is 0 Å². The van der Waals surface area contributed by atoms with Crippen LogP contribution in [-0.4, -0.2) is 6.54 Å². The van der Waals surface area contributed by atoms with Crippen molar-refractivity contribution in [2.24, 2.45) is 17.8 Å². The van der Waals surface area contributed by atoms with Crippen molar-refractivity contribution in [1.82, 2.24) is 0 Å². The molecule has 0 aromatic heterocycles. The highest BCUT2D eigenvalue weighted by atomic mass is 35.5. The molecule has 0 radical (unpaired) electrons. The van der Waals surface area contributed by atoms with Gasteiger partial charge < -0.3 is 11.1 Å². The van der Waals surface area contributed by atoms with Gasteiger partial charge in [-0.2, -0.15) is 0 Å². The fourth-order valence-corrected chi connectivity index (χ4v) is 2.93. The number of hydrogen-bond donors (Lipinski definition) is 2. The van der Waals surface area contributed by atoms with E-state index in [1.54, 1.807) is 0 Å². The first-order chi connectivity index (χ1) is 8.24. The van der Waals surface area contributed by atoms with Gasteiger partial charge in [-0.05, 0) is 61.6 Å². The standard InChI is InChI=1S/C14H19ClN2/c15-13-7-11(16)5-6-14(13)17-8-12(9-1-2-9)10-3-4-10/h5-7,9-10,12,17H,1-4,8,16H2. The van der Waals surface area contributed by atoms with Gasteiger partial charge in [0.2, 0.25) is 0 Å². The molecule has 0 saturated heterocycles. The van der Waals surface area contributed by atoms with Crippen LogP contribution in [0.5, 0.6) is 0 Å². The van der Waals surface area contributed by atoms with Crippen LogP contribution in [0.15, 0.2) is 18.2 Å². The topological polar surface area (TPSA) is 38.0 Å². The van der Waals surface area contributed by atoms with Gasteiger partial charge in [-0.15, -0.1) is 0 Å². The number of rotatable bonds is 5. The van der Waals surface area contributed by atoms with Crippen molar-refractivity contribution in [2.45, 2.75) is 25.7 Å². The van der Waals surface area contributed by atoms with Crippen molar-refractivity contribution >= 4 is 23.0 Å². The lowest BCUT2D eigenvalue weighted by molar-refractivity contribution is 0.428. The van der Waals surface area contributed by atoms with E-state index in [9.17, 15) is 0 Å². The summed E-state index contributed by atoms with van der Waals surface area (Å²) in [6.45, 7) is 1.07. The Balaban J connectivity index is 1.62. The van der Waals surface area contributed by atoms with Crippen molar-refractivity contribution in [2.75, 3.05) is 17.6 Å². The zero-order valence-electron chi connectivity index (χ0n) is 9.95. The number of hydrogen-bond acceptors (Lipinski definition) is 2. The van der Waals surface area contributed by atoms with Crippen molar-refractivity contribution in [1.29, 1.82) is 0 Å². The van der Waals surface area contributed by atoms with Gasteiger partial charge in [-0.1, -0.05) is 11.6 Å². The maximum Gasteiger partial charge on any atom is 0.0657 e. The third kappa shape index (κ3) is 2.68. The maximum atomic E-state index is 6.16. The third-order valence-electron chi connectivity index (χ3n) is 3.98. The Morgan fingerprint density at radius 1 is 1.24 bits per heavy atom. The highest BCUT2D eigenvalue weighted by molar-refractivity contribution is 6.33. The van der Waals surface area contributed by atoms with Crippen LogP contribution in [0, 0.1) is 17.8 Å². The molecule has 2 nitrogen and oxygen atoms in total. The third-order valence-corrected chi connectivity index (χ3v) is 4.29. The van der Waals surface area contributed by atoms with Crippen LogP contribution in [0.4, 0.5) is 11.4 Å². The lowest BCUT2D eigenvalue weighted by Gasteiger charge is -2.17. The van der Waals surface area contributed by atoms with Gasteiger partial charge in [-0.25, -0.2) is 0 Å². The molecule has 0 heterocycles. The molecule has 2 fully saturated rings. The van der Waals surface area contributed by atoms with Crippen LogP contribution < -0.4 is 11.1 Å². The zero-order valence-corrected chi connectivity index (χ0v) is 10.7. The Morgan fingerprint density at radius 2 is 1.88 bits per heavy atom. The molecule has 0 amide bonds. The average Bonchev–Trinajstić information content (AvgIpc) is 3.15. The first-order valence-corrected chi connectivity index (χ1v) is 6.91. The largest absolute Gasteiger partial charge is 0.399 e. The highest BCUT2D eigenvalue weighted by Crippen LogP contribution is 2.49. The molecule has 0 unspecified atom stereocenters. The second-order valence-electron chi connectivity index (χ2n) is 5.46. The molecule has 92 valence electrons. The minimum absolute atomic E-state index is 0.724. The molecular formula is C14H19ClN2. The summed E-state index contributed by atoms with van der Waals surface area (Å²) in [5.74, 6) is 2.81. The van der Waals surface area contributed by atoms with Crippen LogP contribution in [0.1, 0.15) is 25.7 Å². The molecule has 0 bridgehead atoms. The second-order valence-corrected chi connectivity index (χ2v) is 5.87. The summed E-state index contributed by atoms with van der Waals surface area (Å²) >= 11 is 6.16. The molecule has 0 aliphatic heterocycles. The van der Waals surface area contributed by atoms with E-state index in [0.29, 0.717) is 0 Å². The number of anilines is 2. The summed E-state index contributed by atoms with van der Waals surface area (Å²) in [5, 5.41) is 4.23. The maximum absolute atomic E-state index is 6.16. The van der Waals surface area contributed by atoms with E-state index in [0.717, 1.165) is 40.7 Å². The van der Waals surface area contributed by atoms with E-state index in [1.165, 1.54) is 25.7 Å². The molecule has 3 N–H and O–H groups in total. The van der Waals surface area contributed by atoms with Crippen LogP contribution in [-0.2, 0) is 0 Å². The average molecular weight is 251 g/mol. The number of nitrogens with one attached hydrogen (secondary N) is 1. The SMILES string of the molecule is Nc1ccc(NCC(C2CC2)C2CC2)c(Cl)c1. The smallest absolute Gasteiger partial charge is 0.0657 e. The molecular weight excluding hydrogens is 232 g/mol. The van der Waals surface area contributed by atoms with Crippen molar-refractivity contribution < 1.29 is 0 Å². The second kappa shape index (κ2) is 4.41. The fraction of sp³-hybridized carbons (Fsp3) is 0.571. The van der Waals surface area contributed by atoms with Gasteiger partial charge in [0.25, 0.3) is 0 Å². The van der Waals surface area contributed by atoms with Crippen LogP contribution in [0.3, 0.4) is 0 Å². The van der Waals surface area contributed by atoms with Gasteiger partial charge in [0.05, 0.1) is 10.7 Å². The molecule has 2 aliphatic rings. The lowest BCUT2D eigenvalue weighted by atomic mass is 9.98. The number of nitrogens with two attached hydrogens (primary N) is 1. The summed E-state index contributed by atoms with van der Waals surface area (Å²) in [4.78, 5) is 0. The number of halogens is 1. The summed E-state index contributed by atoms with van der Waals surface area (Å²) < 4.78 is 0. The van der Waals surface area contributed by atoms with Gasteiger partial charge >= 0.3 is 0 Å². The van der Waals surface area contributed by atoms with Gasteiger partial charge in [0.15, 0.2) is 0 Å². The normalized spacial score (nSPS) is 19.6. The van der Waals surface area contributed by atoms with Gasteiger partial charge in [0, 0.05) is 12.2 Å². The number of nitrogen functional groups attached to an aromatic ring is 1.